The van der Waals surface area contributed by atoms with E-state index < -0.39 is 0 Å². The maximum absolute atomic E-state index is 11.6. The van der Waals surface area contributed by atoms with Gasteiger partial charge in [-0.25, -0.2) is 4.79 Å². The van der Waals surface area contributed by atoms with Gasteiger partial charge in [0.15, 0.2) is 0 Å². The molecule has 1 aromatic rings. The van der Waals surface area contributed by atoms with E-state index in [0.717, 1.165) is 29.3 Å². The first-order chi connectivity index (χ1) is 8.72. The van der Waals surface area contributed by atoms with Crippen LogP contribution in [0.3, 0.4) is 0 Å². The van der Waals surface area contributed by atoms with Crippen LogP contribution in [0.5, 0.6) is 0 Å². The van der Waals surface area contributed by atoms with Crippen molar-refractivity contribution in [3.8, 4) is 6.07 Å². The first kappa shape index (κ1) is 14.7. The molecule has 1 aromatic carbocycles. The Bertz CT molecular complexity index is 452. The van der Waals surface area contributed by atoms with E-state index in [1.165, 1.54) is 0 Å². The molecule has 0 aliphatic rings. The molecule has 0 atom stereocenters. The Morgan fingerprint density at radius 1 is 1.44 bits per heavy atom. The summed E-state index contributed by atoms with van der Waals surface area (Å²) in [5, 5.41) is 9.69. The van der Waals surface area contributed by atoms with Gasteiger partial charge in [0.2, 0.25) is 0 Å². The smallest absolute Gasteiger partial charge is 0.338 e. The Balaban J connectivity index is 2.97. The SMILES string of the molecule is CCOC(=O)c1ccc(CC#N)c(CCCBr)c1. The summed E-state index contributed by atoms with van der Waals surface area (Å²) in [5.74, 6) is -0.305. The molecule has 0 N–H and O–H groups in total. The second-order valence-electron chi connectivity index (χ2n) is 3.83. The lowest BCUT2D eigenvalue weighted by Gasteiger charge is -2.09. The molecule has 0 spiro atoms. The summed E-state index contributed by atoms with van der Waals surface area (Å²) in [6.45, 7) is 2.16. The van der Waals surface area contributed by atoms with Gasteiger partial charge in [0.25, 0.3) is 0 Å². The molecule has 0 amide bonds. The number of nitriles is 1. The molecule has 0 aliphatic carbocycles. The number of hydrogen-bond acceptors (Lipinski definition) is 3. The van der Waals surface area contributed by atoms with E-state index in [-0.39, 0.29) is 5.97 Å². The summed E-state index contributed by atoms with van der Waals surface area (Å²) in [6, 6.07) is 7.56. The number of esters is 1. The van der Waals surface area contributed by atoms with Gasteiger partial charge in [0.05, 0.1) is 24.7 Å². The molecule has 0 aliphatic heterocycles. The van der Waals surface area contributed by atoms with Crippen LogP contribution in [-0.2, 0) is 17.6 Å². The third-order valence-electron chi connectivity index (χ3n) is 2.57. The number of hydrogen-bond donors (Lipinski definition) is 0. The molecule has 0 saturated carbocycles. The van der Waals surface area contributed by atoms with Crippen molar-refractivity contribution in [3.05, 3.63) is 34.9 Å². The lowest BCUT2D eigenvalue weighted by atomic mass is 9.98. The zero-order valence-electron chi connectivity index (χ0n) is 10.4. The van der Waals surface area contributed by atoms with E-state index in [9.17, 15) is 4.79 Å². The van der Waals surface area contributed by atoms with Crippen LogP contribution in [0.4, 0.5) is 0 Å². The highest BCUT2D eigenvalue weighted by Crippen LogP contribution is 2.16. The molecule has 18 heavy (non-hydrogen) atoms. The van der Waals surface area contributed by atoms with Crippen LogP contribution in [0.2, 0.25) is 0 Å². The highest BCUT2D eigenvalue weighted by atomic mass is 79.9. The number of alkyl halides is 1. The number of aryl methyl sites for hydroxylation is 1. The average Bonchev–Trinajstić information content (AvgIpc) is 2.38. The molecule has 3 nitrogen and oxygen atoms in total. The fourth-order valence-electron chi connectivity index (χ4n) is 1.71. The van der Waals surface area contributed by atoms with Crippen molar-refractivity contribution in [1.82, 2.24) is 0 Å². The van der Waals surface area contributed by atoms with Crippen LogP contribution in [0.15, 0.2) is 18.2 Å². The van der Waals surface area contributed by atoms with Gasteiger partial charge >= 0.3 is 5.97 Å². The minimum Gasteiger partial charge on any atom is -0.462 e. The summed E-state index contributed by atoms with van der Waals surface area (Å²) in [5.41, 5.74) is 2.61. The molecular formula is C14H16BrNO2. The number of nitrogens with zero attached hydrogens (tertiary/aromatic N) is 1. The van der Waals surface area contributed by atoms with Crippen LogP contribution in [0.25, 0.3) is 0 Å². The molecule has 0 bridgehead atoms. The largest absolute Gasteiger partial charge is 0.462 e. The maximum atomic E-state index is 11.6. The number of carbonyl (C=O) groups is 1. The van der Waals surface area contributed by atoms with Crippen molar-refractivity contribution in [1.29, 1.82) is 5.26 Å². The summed E-state index contributed by atoms with van der Waals surface area (Å²) in [6.07, 6.45) is 2.21. The van der Waals surface area contributed by atoms with Gasteiger partial charge in [-0.2, -0.15) is 5.26 Å². The van der Waals surface area contributed by atoms with Gasteiger partial charge < -0.3 is 4.74 Å². The average molecular weight is 310 g/mol. The lowest BCUT2D eigenvalue weighted by molar-refractivity contribution is 0.0526. The Kier molecular flexibility index (Phi) is 6.45. The fraction of sp³-hybridized carbons (Fsp3) is 0.429. The number of ether oxygens (including phenoxy) is 1. The molecular weight excluding hydrogens is 294 g/mol. The van der Waals surface area contributed by atoms with Crippen LogP contribution >= 0.6 is 15.9 Å². The normalized spacial score (nSPS) is 9.83. The van der Waals surface area contributed by atoms with Gasteiger partial charge in [0, 0.05) is 5.33 Å². The fourth-order valence-corrected chi connectivity index (χ4v) is 2.00. The van der Waals surface area contributed by atoms with Gasteiger partial charge in [-0.3, -0.25) is 0 Å². The molecule has 0 saturated heterocycles. The van der Waals surface area contributed by atoms with Crippen molar-refractivity contribution in [3.63, 3.8) is 0 Å². The Labute approximate surface area is 116 Å². The van der Waals surface area contributed by atoms with Gasteiger partial charge in [-0.1, -0.05) is 22.0 Å². The van der Waals surface area contributed by atoms with Gasteiger partial charge in [0.1, 0.15) is 0 Å². The van der Waals surface area contributed by atoms with Crippen molar-refractivity contribution in [2.24, 2.45) is 0 Å². The summed E-state index contributed by atoms with van der Waals surface area (Å²) in [7, 11) is 0. The summed E-state index contributed by atoms with van der Waals surface area (Å²) >= 11 is 3.39. The molecule has 1 rings (SSSR count). The van der Waals surface area contributed by atoms with Crippen LogP contribution in [0, 0.1) is 11.3 Å². The number of carbonyl (C=O) groups excluding carboxylic acids is 1. The Hall–Kier alpha value is -1.34. The molecule has 0 unspecified atom stereocenters. The van der Waals surface area contributed by atoms with E-state index >= 15 is 0 Å². The van der Waals surface area contributed by atoms with Crippen LogP contribution in [0.1, 0.15) is 34.8 Å². The van der Waals surface area contributed by atoms with E-state index in [0.29, 0.717) is 18.6 Å². The Morgan fingerprint density at radius 3 is 2.83 bits per heavy atom. The summed E-state index contributed by atoms with van der Waals surface area (Å²) < 4.78 is 4.97. The molecule has 0 aromatic heterocycles. The van der Waals surface area contributed by atoms with Crippen molar-refractivity contribution in [2.75, 3.05) is 11.9 Å². The topological polar surface area (TPSA) is 50.1 Å². The minimum absolute atomic E-state index is 0.305. The zero-order chi connectivity index (χ0) is 13.4. The van der Waals surface area contributed by atoms with E-state index in [4.69, 9.17) is 10.00 Å². The first-order valence-electron chi connectivity index (χ1n) is 5.94. The second kappa shape index (κ2) is 7.88. The first-order valence-corrected chi connectivity index (χ1v) is 7.07. The second-order valence-corrected chi connectivity index (χ2v) is 4.62. The third-order valence-corrected chi connectivity index (χ3v) is 3.13. The zero-order valence-corrected chi connectivity index (χ0v) is 12.0. The molecule has 0 fully saturated rings. The summed E-state index contributed by atoms with van der Waals surface area (Å²) in [4.78, 5) is 11.6. The Morgan fingerprint density at radius 2 is 2.22 bits per heavy atom. The predicted molar refractivity (Wildman–Crippen MR) is 73.8 cm³/mol. The minimum atomic E-state index is -0.305. The lowest BCUT2D eigenvalue weighted by Crippen LogP contribution is -2.06. The van der Waals surface area contributed by atoms with E-state index in [1.54, 1.807) is 13.0 Å². The monoisotopic (exact) mass is 309 g/mol. The van der Waals surface area contributed by atoms with Gasteiger partial charge in [-0.05, 0) is 43.0 Å². The highest BCUT2D eigenvalue weighted by molar-refractivity contribution is 9.09. The maximum Gasteiger partial charge on any atom is 0.338 e. The standard InChI is InChI=1S/C14H16BrNO2/c1-2-18-14(17)13-6-5-11(7-9-16)12(10-13)4-3-8-15/h5-6,10H,2-4,7-8H2,1H3. The third kappa shape index (κ3) is 4.15. The van der Waals surface area contributed by atoms with Crippen molar-refractivity contribution in [2.45, 2.75) is 26.2 Å². The quantitative estimate of drug-likeness (QED) is 0.598. The van der Waals surface area contributed by atoms with E-state index in [1.807, 2.05) is 12.1 Å². The molecule has 96 valence electrons. The van der Waals surface area contributed by atoms with Crippen LogP contribution in [-0.4, -0.2) is 17.9 Å². The van der Waals surface area contributed by atoms with Crippen molar-refractivity contribution >= 4 is 21.9 Å². The number of halogens is 1. The highest BCUT2D eigenvalue weighted by Gasteiger charge is 2.10. The molecule has 0 radical (unpaired) electrons. The van der Waals surface area contributed by atoms with Crippen LogP contribution < -0.4 is 0 Å². The van der Waals surface area contributed by atoms with E-state index in [2.05, 4.69) is 22.0 Å². The molecule has 0 heterocycles. The number of rotatable bonds is 6. The number of benzene rings is 1. The molecule has 4 heteroatoms. The predicted octanol–water partition coefficient (Wildman–Crippen LogP) is 3.26. The van der Waals surface area contributed by atoms with Crippen molar-refractivity contribution < 1.29 is 9.53 Å². The van der Waals surface area contributed by atoms with Gasteiger partial charge in [-0.15, -0.1) is 0 Å².